The van der Waals surface area contributed by atoms with E-state index in [2.05, 4.69) is 38.7 Å². The van der Waals surface area contributed by atoms with Crippen LogP contribution in [0.1, 0.15) is 25.3 Å². The molecular formula is C12H16BrN3S. The number of rotatable bonds is 5. The SMILES string of the molecule is CCCCNC(=S)N/N=C\c1ccccc1Br. The van der Waals surface area contributed by atoms with Crippen molar-refractivity contribution >= 4 is 39.5 Å². The van der Waals surface area contributed by atoms with Gasteiger partial charge in [-0.25, -0.2) is 0 Å². The summed E-state index contributed by atoms with van der Waals surface area (Å²) in [5.41, 5.74) is 3.80. The zero-order valence-electron chi connectivity index (χ0n) is 9.74. The van der Waals surface area contributed by atoms with E-state index in [0.29, 0.717) is 5.11 Å². The van der Waals surface area contributed by atoms with Crippen molar-refractivity contribution in [3.63, 3.8) is 0 Å². The van der Waals surface area contributed by atoms with Crippen molar-refractivity contribution < 1.29 is 0 Å². The van der Waals surface area contributed by atoms with Gasteiger partial charge >= 0.3 is 0 Å². The van der Waals surface area contributed by atoms with E-state index < -0.39 is 0 Å². The van der Waals surface area contributed by atoms with Gasteiger partial charge in [-0.05, 0) is 24.7 Å². The fourth-order valence-electron chi connectivity index (χ4n) is 1.16. The second-order valence-corrected chi connectivity index (χ2v) is 4.76. The van der Waals surface area contributed by atoms with Gasteiger partial charge in [0.25, 0.3) is 0 Å². The molecule has 0 aliphatic heterocycles. The molecule has 0 saturated carbocycles. The van der Waals surface area contributed by atoms with E-state index in [1.165, 1.54) is 0 Å². The molecule has 1 aromatic carbocycles. The van der Waals surface area contributed by atoms with Gasteiger partial charge in [0, 0.05) is 16.6 Å². The minimum Gasteiger partial charge on any atom is -0.361 e. The molecule has 0 radical (unpaired) electrons. The van der Waals surface area contributed by atoms with Crippen LogP contribution in [0.2, 0.25) is 0 Å². The minimum atomic E-state index is 0.557. The summed E-state index contributed by atoms with van der Waals surface area (Å²) in [7, 11) is 0. The molecule has 2 N–H and O–H groups in total. The largest absolute Gasteiger partial charge is 0.361 e. The van der Waals surface area contributed by atoms with E-state index in [0.717, 1.165) is 29.4 Å². The maximum atomic E-state index is 5.07. The van der Waals surface area contributed by atoms with Crippen LogP contribution in [0.5, 0.6) is 0 Å². The van der Waals surface area contributed by atoms with Crippen LogP contribution < -0.4 is 10.7 Å². The van der Waals surface area contributed by atoms with Crippen molar-refractivity contribution in [3.05, 3.63) is 34.3 Å². The van der Waals surface area contributed by atoms with Gasteiger partial charge in [0.15, 0.2) is 5.11 Å². The number of nitrogens with zero attached hydrogens (tertiary/aromatic N) is 1. The van der Waals surface area contributed by atoms with Crippen LogP contribution >= 0.6 is 28.1 Å². The van der Waals surface area contributed by atoms with Crippen LogP contribution in [0.25, 0.3) is 0 Å². The molecule has 0 heterocycles. The van der Waals surface area contributed by atoms with Gasteiger partial charge in [0.05, 0.1) is 6.21 Å². The van der Waals surface area contributed by atoms with Crippen molar-refractivity contribution in [2.45, 2.75) is 19.8 Å². The average Bonchev–Trinajstić information content (AvgIpc) is 2.32. The summed E-state index contributed by atoms with van der Waals surface area (Å²) in [6.45, 7) is 3.02. The number of hydrogen-bond donors (Lipinski definition) is 2. The third-order valence-electron chi connectivity index (χ3n) is 2.09. The molecule has 3 nitrogen and oxygen atoms in total. The van der Waals surface area contributed by atoms with Crippen LogP contribution in [0.4, 0.5) is 0 Å². The van der Waals surface area contributed by atoms with Crippen LogP contribution in [0, 0.1) is 0 Å². The highest BCUT2D eigenvalue weighted by molar-refractivity contribution is 9.10. The Kier molecular flexibility index (Phi) is 6.81. The Labute approximate surface area is 116 Å². The molecule has 0 amide bonds. The number of thiocarbonyl (C=S) groups is 1. The predicted octanol–water partition coefficient (Wildman–Crippen LogP) is 3.05. The Morgan fingerprint density at radius 3 is 2.94 bits per heavy atom. The second-order valence-electron chi connectivity index (χ2n) is 3.50. The van der Waals surface area contributed by atoms with Crippen LogP contribution in [0.3, 0.4) is 0 Å². The minimum absolute atomic E-state index is 0.557. The Hall–Kier alpha value is -0.940. The van der Waals surface area contributed by atoms with Gasteiger partial charge in [-0.3, -0.25) is 5.43 Å². The lowest BCUT2D eigenvalue weighted by Gasteiger charge is -2.05. The number of halogens is 1. The molecule has 0 aliphatic rings. The number of benzene rings is 1. The quantitative estimate of drug-likeness (QED) is 0.380. The third kappa shape index (κ3) is 5.79. The van der Waals surface area contributed by atoms with Gasteiger partial charge in [0.1, 0.15) is 0 Å². The lowest BCUT2D eigenvalue weighted by Crippen LogP contribution is -2.32. The Bertz CT molecular complexity index is 393. The molecule has 0 aliphatic carbocycles. The third-order valence-corrected chi connectivity index (χ3v) is 3.05. The second kappa shape index (κ2) is 8.20. The zero-order valence-corrected chi connectivity index (χ0v) is 12.1. The predicted molar refractivity (Wildman–Crippen MR) is 80.4 cm³/mol. The number of hydrogen-bond acceptors (Lipinski definition) is 2. The molecule has 0 atom stereocenters. The monoisotopic (exact) mass is 313 g/mol. The molecule has 5 heteroatoms. The van der Waals surface area contributed by atoms with Gasteiger partial charge in [-0.1, -0.05) is 47.5 Å². The van der Waals surface area contributed by atoms with E-state index >= 15 is 0 Å². The first kappa shape index (κ1) is 14.1. The van der Waals surface area contributed by atoms with E-state index in [9.17, 15) is 0 Å². The summed E-state index contributed by atoms with van der Waals surface area (Å²) in [6.07, 6.45) is 3.99. The van der Waals surface area contributed by atoms with Gasteiger partial charge in [-0.2, -0.15) is 5.10 Å². The molecule has 0 spiro atoms. The van der Waals surface area contributed by atoms with E-state index in [-0.39, 0.29) is 0 Å². The first-order chi connectivity index (χ1) is 8.24. The number of unbranched alkanes of at least 4 members (excludes halogenated alkanes) is 1. The first-order valence-electron chi connectivity index (χ1n) is 5.55. The topological polar surface area (TPSA) is 36.4 Å². The summed E-state index contributed by atoms with van der Waals surface area (Å²) in [4.78, 5) is 0. The lowest BCUT2D eigenvalue weighted by molar-refractivity contribution is 0.745. The highest BCUT2D eigenvalue weighted by Gasteiger charge is 1.94. The van der Waals surface area contributed by atoms with Gasteiger partial charge in [0.2, 0.25) is 0 Å². The highest BCUT2D eigenvalue weighted by Crippen LogP contribution is 2.13. The van der Waals surface area contributed by atoms with E-state index in [1.54, 1.807) is 6.21 Å². The van der Waals surface area contributed by atoms with Gasteiger partial charge < -0.3 is 5.32 Å². The zero-order chi connectivity index (χ0) is 12.5. The normalized spacial score (nSPS) is 10.5. The Balaban J connectivity index is 2.35. The standard InChI is InChI=1S/C12H16BrN3S/c1-2-3-8-14-12(17)16-15-9-10-6-4-5-7-11(10)13/h4-7,9H,2-3,8H2,1H3,(H2,14,16,17)/b15-9-. The maximum Gasteiger partial charge on any atom is 0.186 e. The summed E-state index contributed by atoms with van der Waals surface area (Å²) in [6, 6.07) is 7.87. The van der Waals surface area contributed by atoms with Crippen molar-refractivity contribution in [2.24, 2.45) is 5.10 Å². The number of nitrogens with one attached hydrogen (secondary N) is 2. The van der Waals surface area contributed by atoms with Crippen molar-refractivity contribution in [2.75, 3.05) is 6.54 Å². The molecule has 0 saturated heterocycles. The summed E-state index contributed by atoms with van der Waals surface area (Å²) >= 11 is 8.52. The van der Waals surface area contributed by atoms with E-state index in [1.807, 2.05) is 24.3 Å². The summed E-state index contributed by atoms with van der Waals surface area (Å²) in [5.74, 6) is 0. The fourth-order valence-corrected chi connectivity index (χ4v) is 1.70. The van der Waals surface area contributed by atoms with Crippen LogP contribution in [0.15, 0.2) is 33.8 Å². The van der Waals surface area contributed by atoms with Crippen molar-refractivity contribution in [3.8, 4) is 0 Å². The molecule has 92 valence electrons. The molecule has 1 aromatic rings. The molecule has 0 fully saturated rings. The Morgan fingerprint density at radius 1 is 1.47 bits per heavy atom. The maximum absolute atomic E-state index is 5.07. The molecular weight excluding hydrogens is 298 g/mol. The highest BCUT2D eigenvalue weighted by atomic mass is 79.9. The summed E-state index contributed by atoms with van der Waals surface area (Å²) in [5, 5.41) is 7.71. The molecule has 1 rings (SSSR count). The van der Waals surface area contributed by atoms with Gasteiger partial charge in [-0.15, -0.1) is 0 Å². The number of hydrazone groups is 1. The molecule has 0 aromatic heterocycles. The smallest absolute Gasteiger partial charge is 0.186 e. The van der Waals surface area contributed by atoms with Crippen molar-refractivity contribution in [1.29, 1.82) is 0 Å². The summed E-state index contributed by atoms with van der Waals surface area (Å²) < 4.78 is 1.01. The van der Waals surface area contributed by atoms with Crippen molar-refractivity contribution in [1.82, 2.24) is 10.7 Å². The van der Waals surface area contributed by atoms with E-state index in [4.69, 9.17) is 12.2 Å². The van der Waals surface area contributed by atoms with Crippen LogP contribution in [-0.4, -0.2) is 17.9 Å². The Morgan fingerprint density at radius 2 is 2.24 bits per heavy atom. The molecule has 17 heavy (non-hydrogen) atoms. The first-order valence-corrected chi connectivity index (χ1v) is 6.75. The average molecular weight is 314 g/mol. The van der Waals surface area contributed by atoms with Crippen LogP contribution in [-0.2, 0) is 0 Å². The lowest BCUT2D eigenvalue weighted by atomic mass is 10.2. The fraction of sp³-hybridized carbons (Fsp3) is 0.333. The molecule has 0 bridgehead atoms. The molecule has 0 unspecified atom stereocenters.